The zero-order valence-electron chi connectivity index (χ0n) is 8.69. The summed E-state index contributed by atoms with van der Waals surface area (Å²) in [5, 5.41) is 0.685. The monoisotopic (exact) mass is 224 g/mol. The number of ether oxygens (including phenoxy) is 1. The molecule has 1 aromatic rings. The van der Waals surface area contributed by atoms with Crippen molar-refractivity contribution < 1.29 is 4.74 Å². The molecule has 2 rings (SSSR count). The maximum absolute atomic E-state index is 5.50. The van der Waals surface area contributed by atoms with Crippen molar-refractivity contribution in [2.24, 2.45) is 5.73 Å². The molecule has 0 amide bonds. The van der Waals surface area contributed by atoms with Crippen molar-refractivity contribution in [1.29, 1.82) is 0 Å². The highest BCUT2D eigenvalue weighted by molar-refractivity contribution is 8.00. The van der Waals surface area contributed by atoms with Crippen LogP contribution in [0.2, 0.25) is 0 Å². The Kier molecular flexibility index (Phi) is 4.00. The summed E-state index contributed by atoms with van der Waals surface area (Å²) in [6.07, 6.45) is 4.20. The molecule has 4 heteroatoms. The van der Waals surface area contributed by atoms with Crippen molar-refractivity contribution in [3.8, 4) is 0 Å². The van der Waals surface area contributed by atoms with Gasteiger partial charge in [0, 0.05) is 36.1 Å². The van der Waals surface area contributed by atoms with Crippen molar-refractivity contribution in [3.63, 3.8) is 0 Å². The van der Waals surface area contributed by atoms with E-state index >= 15 is 0 Å². The number of aromatic nitrogens is 1. The Labute approximate surface area is 94.4 Å². The Hall–Kier alpha value is -0.580. The molecule has 0 unspecified atom stereocenters. The van der Waals surface area contributed by atoms with Gasteiger partial charge in [0.15, 0.2) is 0 Å². The third-order valence-electron chi connectivity index (χ3n) is 2.48. The SMILES string of the molecule is NCc1ccc(SC2CCOCC2)cn1. The van der Waals surface area contributed by atoms with Gasteiger partial charge < -0.3 is 10.5 Å². The Bertz CT molecular complexity index is 296. The van der Waals surface area contributed by atoms with Crippen LogP contribution in [0.25, 0.3) is 0 Å². The van der Waals surface area contributed by atoms with Crippen LogP contribution in [0.3, 0.4) is 0 Å². The van der Waals surface area contributed by atoms with E-state index in [1.54, 1.807) is 0 Å². The molecule has 15 heavy (non-hydrogen) atoms. The van der Waals surface area contributed by atoms with Crippen LogP contribution >= 0.6 is 11.8 Å². The first-order valence-corrected chi connectivity index (χ1v) is 6.16. The molecule has 0 spiro atoms. The van der Waals surface area contributed by atoms with Crippen molar-refractivity contribution in [2.45, 2.75) is 29.5 Å². The molecular formula is C11H16N2OS. The van der Waals surface area contributed by atoms with E-state index in [0.717, 1.165) is 31.7 Å². The third-order valence-corrected chi connectivity index (χ3v) is 3.80. The van der Waals surface area contributed by atoms with E-state index in [1.807, 2.05) is 24.0 Å². The van der Waals surface area contributed by atoms with Gasteiger partial charge in [0.25, 0.3) is 0 Å². The fourth-order valence-electron chi connectivity index (χ4n) is 1.59. The van der Waals surface area contributed by atoms with E-state index in [4.69, 9.17) is 10.5 Å². The minimum absolute atomic E-state index is 0.516. The van der Waals surface area contributed by atoms with Gasteiger partial charge in [-0.15, -0.1) is 11.8 Å². The first-order valence-electron chi connectivity index (χ1n) is 5.28. The predicted molar refractivity (Wildman–Crippen MR) is 61.8 cm³/mol. The maximum atomic E-state index is 5.50. The highest BCUT2D eigenvalue weighted by Gasteiger charge is 2.14. The molecule has 2 heterocycles. The summed E-state index contributed by atoms with van der Waals surface area (Å²) in [7, 11) is 0. The quantitative estimate of drug-likeness (QED) is 0.850. The molecular weight excluding hydrogens is 208 g/mol. The van der Waals surface area contributed by atoms with Crippen LogP contribution in [0.1, 0.15) is 18.5 Å². The minimum Gasteiger partial charge on any atom is -0.381 e. The number of hydrogen-bond acceptors (Lipinski definition) is 4. The molecule has 0 atom stereocenters. The highest BCUT2D eigenvalue weighted by Crippen LogP contribution is 2.28. The largest absolute Gasteiger partial charge is 0.381 e. The van der Waals surface area contributed by atoms with Crippen LogP contribution in [-0.4, -0.2) is 23.4 Å². The Balaban J connectivity index is 1.91. The molecule has 3 nitrogen and oxygen atoms in total. The molecule has 82 valence electrons. The second-order valence-electron chi connectivity index (χ2n) is 3.62. The standard InChI is InChI=1S/C11H16N2OS/c12-7-9-1-2-11(8-13-9)15-10-3-5-14-6-4-10/h1-2,8,10H,3-7,12H2. The van der Waals surface area contributed by atoms with Crippen LogP contribution in [0.4, 0.5) is 0 Å². The van der Waals surface area contributed by atoms with E-state index in [2.05, 4.69) is 11.1 Å². The smallest absolute Gasteiger partial charge is 0.0540 e. The third kappa shape index (κ3) is 3.19. The van der Waals surface area contributed by atoms with Gasteiger partial charge in [0.1, 0.15) is 0 Å². The van der Waals surface area contributed by atoms with Gasteiger partial charge in [-0.05, 0) is 25.0 Å². The number of pyridine rings is 1. The lowest BCUT2D eigenvalue weighted by atomic mass is 10.2. The van der Waals surface area contributed by atoms with Crippen molar-refractivity contribution >= 4 is 11.8 Å². The first kappa shape index (κ1) is 10.9. The molecule has 1 saturated heterocycles. The molecule has 0 radical (unpaired) electrons. The molecule has 1 aliphatic heterocycles. The minimum atomic E-state index is 0.516. The number of nitrogens with zero attached hydrogens (tertiary/aromatic N) is 1. The van der Waals surface area contributed by atoms with E-state index in [-0.39, 0.29) is 0 Å². The maximum Gasteiger partial charge on any atom is 0.0540 e. The first-order chi connectivity index (χ1) is 7.38. The van der Waals surface area contributed by atoms with Crippen LogP contribution in [0.15, 0.2) is 23.2 Å². The summed E-state index contributed by atoms with van der Waals surface area (Å²) in [4.78, 5) is 5.52. The average Bonchev–Trinajstić information content (AvgIpc) is 2.31. The number of rotatable bonds is 3. The summed E-state index contributed by atoms with van der Waals surface area (Å²) in [5.41, 5.74) is 6.45. The number of nitrogens with two attached hydrogens (primary N) is 1. The van der Waals surface area contributed by atoms with E-state index < -0.39 is 0 Å². The molecule has 1 fully saturated rings. The average molecular weight is 224 g/mol. The summed E-state index contributed by atoms with van der Waals surface area (Å²) in [5.74, 6) is 0. The van der Waals surface area contributed by atoms with E-state index in [9.17, 15) is 0 Å². The molecule has 0 bridgehead atoms. The van der Waals surface area contributed by atoms with Gasteiger partial charge in [0.2, 0.25) is 0 Å². The van der Waals surface area contributed by atoms with Crippen molar-refractivity contribution in [3.05, 3.63) is 24.0 Å². The molecule has 2 N–H and O–H groups in total. The van der Waals surface area contributed by atoms with Gasteiger partial charge in [-0.3, -0.25) is 4.98 Å². The molecule has 0 aromatic carbocycles. The lowest BCUT2D eigenvalue weighted by Gasteiger charge is -2.21. The van der Waals surface area contributed by atoms with Gasteiger partial charge >= 0.3 is 0 Å². The zero-order valence-corrected chi connectivity index (χ0v) is 9.50. The van der Waals surface area contributed by atoms with Gasteiger partial charge in [-0.25, -0.2) is 0 Å². The van der Waals surface area contributed by atoms with Crippen molar-refractivity contribution in [2.75, 3.05) is 13.2 Å². The van der Waals surface area contributed by atoms with Crippen LogP contribution in [0, 0.1) is 0 Å². The van der Waals surface area contributed by atoms with Gasteiger partial charge in [-0.2, -0.15) is 0 Å². The highest BCUT2D eigenvalue weighted by atomic mass is 32.2. The van der Waals surface area contributed by atoms with Gasteiger partial charge in [-0.1, -0.05) is 0 Å². The Morgan fingerprint density at radius 2 is 2.20 bits per heavy atom. The van der Waals surface area contributed by atoms with E-state index in [1.165, 1.54) is 4.90 Å². The van der Waals surface area contributed by atoms with Crippen molar-refractivity contribution in [1.82, 2.24) is 4.98 Å². The summed E-state index contributed by atoms with van der Waals surface area (Å²) in [6.45, 7) is 2.31. The normalized spacial score (nSPS) is 17.9. The fourth-order valence-corrected chi connectivity index (χ4v) is 2.66. The number of thioether (sulfide) groups is 1. The second-order valence-corrected chi connectivity index (χ2v) is 4.99. The van der Waals surface area contributed by atoms with Crippen LogP contribution in [0.5, 0.6) is 0 Å². The molecule has 1 aliphatic rings. The Morgan fingerprint density at radius 3 is 2.80 bits per heavy atom. The molecule has 1 aromatic heterocycles. The Morgan fingerprint density at radius 1 is 1.40 bits per heavy atom. The molecule has 0 aliphatic carbocycles. The van der Waals surface area contributed by atoms with Crippen LogP contribution in [-0.2, 0) is 11.3 Å². The van der Waals surface area contributed by atoms with Gasteiger partial charge in [0.05, 0.1) is 5.69 Å². The summed E-state index contributed by atoms with van der Waals surface area (Å²) >= 11 is 1.90. The zero-order chi connectivity index (χ0) is 10.5. The number of hydrogen-bond donors (Lipinski definition) is 1. The summed E-state index contributed by atoms with van der Waals surface area (Å²) < 4.78 is 5.33. The second kappa shape index (κ2) is 5.49. The lowest BCUT2D eigenvalue weighted by molar-refractivity contribution is 0.100. The fraction of sp³-hybridized carbons (Fsp3) is 0.545. The van der Waals surface area contributed by atoms with E-state index in [0.29, 0.717) is 11.8 Å². The van der Waals surface area contributed by atoms with Crippen LogP contribution < -0.4 is 5.73 Å². The summed E-state index contributed by atoms with van der Waals surface area (Å²) in [6, 6.07) is 4.11. The lowest BCUT2D eigenvalue weighted by Crippen LogP contribution is -2.17. The molecule has 0 saturated carbocycles. The predicted octanol–water partition coefficient (Wildman–Crippen LogP) is 1.81. The topological polar surface area (TPSA) is 48.1 Å².